The van der Waals surface area contributed by atoms with E-state index in [0.717, 1.165) is 17.0 Å². The second-order valence-electron chi connectivity index (χ2n) is 5.93. The Morgan fingerprint density at radius 3 is 2.62 bits per heavy atom. The van der Waals surface area contributed by atoms with Gasteiger partial charge in [0.05, 0.1) is 0 Å². The Kier molecular flexibility index (Phi) is 3.50. The molecule has 3 aromatic rings. The summed E-state index contributed by atoms with van der Waals surface area (Å²) in [7, 11) is 1.92. The fourth-order valence-corrected chi connectivity index (χ4v) is 3.03. The number of imidazole rings is 1. The van der Waals surface area contributed by atoms with Gasteiger partial charge in [-0.15, -0.1) is 0 Å². The molecule has 5 nitrogen and oxygen atoms in total. The first-order valence-electron chi connectivity index (χ1n) is 7.81. The van der Waals surface area contributed by atoms with Crippen LogP contribution in [0.4, 0.5) is 0 Å². The molecule has 1 aliphatic rings. The van der Waals surface area contributed by atoms with Gasteiger partial charge < -0.3 is 19.1 Å². The van der Waals surface area contributed by atoms with Crippen molar-refractivity contribution in [2.75, 3.05) is 6.79 Å². The van der Waals surface area contributed by atoms with Crippen LogP contribution >= 0.6 is 0 Å². The molecular weight excluding hydrogens is 304 g/mol. The van der Waals surface area contributed by atoms with Crippen molar-refractivity contribution in [2.24, 2.45) is 7.05 Å². The van der Waals surface area contributed by atoms with Crippen molar-refractivity contribution in [3.8, 4) is 11.5 Å². The Morgan fingerprint density at radius 1 is 1.08 bits per heavy atom. The number of hydrogen-bond donors (Lipinski definition) is 1. The first-order chi connectivity index (χ1) is 11.7. The Balaban J connectivity index is 1.83. The Morgan fingerprint density at radius 2 is 1.88 bits per heavy atom. The lowest BCUT2D eigenvalue weighted by molar-refractivity contribution is 0.0779. The standard InChI is InChI=1S/C19H18N2O3/c1-21-10-9-20-18(21)12-19(22,14-5-3-2-4-6-14)15-7-8-16-17(11-15)24-13-23-16/h2-11,22H,12-13H2,1H3. The van der Waals surface area contributed by atoms with E-state index in [9.17, 15) is 5.11 Å². The normalized spacial score (nSPS) is 15.2. The Bertz CT molecular complexity index is 860. The predicted octanol–water partition coefficient (Wildman–Crippen LogP) is 2.63. The van der Waals surface area contributed by atoms with E-state index in [2.05, 4.69) is 4.98 Å². The van der Waals surface area contributed by atoms with Gasteiger partial charge in [-0.25, -0.2) is 4.98 Å². The van der Waals surface area contributed by atoms with E-state index in [1.54, 1.807) is 6.20 Å². The molecule has 0 saturated carbocycles. The number of aromatic nitrogens is 2. The summed E-state index contributed by atoms with van der Waals surface area (Å²) in [5.74, 6) is 2.16. The minimum Gasteiger partial charge on any atom is -0.454 e. The second kappa shape index (κ2) is 5.69. The molecule has 0 aliphatic carbocycles. The fourth-order valence-electron chi connectivity index (χ4n) is 3.03. The van der Waals surface area contributed by atoms with Crippen LogP contribution in [0.5, 0.6) is 11.5 Å². The highest BCUT2D eigenvalue weighted by Gasteiger charge is 2.34. The quantitative estimate of drug-likeness (QED) is 0.802. The zero-order valence-corrected chi connectivity index (χ0v) is 13.3. The molecule has 122 valence electrons. The van der Waals surface area contributed by atoms with Gasteiger partial charge >= 0.3 is 0 Å². The SMILES string of the molecule is Cn1ccnc1CC(O)(c1ccccc1)c1ccc2c(c1)OCO2. The van der Waals surface area contributed by atoms with Gasteiger partial charge in [0.25, 0.3) is 0 Å². The lowest BCUT2D eigenvalue weighted by Crippen LogP contribution is -2.31. The van der Waals surface area contributed by atoms with Gasteiger partial charge in [0, 0.05) is 25.9 Å². The first-order valence-corrected chi connectivity index (χ1v) is 7.81. The maximum atomic E-state index is 11.6. The molecule has 0 fully saturated rings. The summed E-state index contributed by atoms with van der Waals surface area (Å²) in [6.45, 7) is 0.210. The van der Waals surface area contributed by atoms with E-state index in [4.69, 9.17) is 9.47 Å². The van der Waals surface area contributed by atoms with Crippen molar-refractivity contribution in [1.29, 1.82) is 0 Å². The highest BCUT2D eigenvalue weighted by Crippen LogP contribution is 2.39. The van der Waals surface area contributed by atoms with Gasteiger partial charge in [0.2, 0.25) is 6.79 Å². The van der Waals surface area contributed by atoms with Crippen molar-refractivity contribution >= 4 is 0 Å². The molecule has 0 radical (unpaired) electrons. The number of ether oxygens (including phenoxy) is 2. The van der Waals surface area contributed by atoms with Gasteiger partial charge in [-0.05, 0) is 23.3 Å². The molecule has 0 amide bonds. The molecule has 2 aromatic carbocycles. The van der Waals surface area contributed by atoms with Crippen LogP contribution in [-0.2, 0) is 19.1 Å². The molecule has 4 rings (SSSR count). The summed E-state index contributed by atoms with van der Waals surface area (Å²) >= 11 is 0. The largest absolute Gasteiger partial charge is 0.454 e. The van der Waals surface area contributed by atoms with E-state index >= 15 is 0 Å². The molecule has 5 heteroatoms. The lowest BCUT2D eigenvalue weighted by atomic mass is 9.83. The van der Waals surface area contributed by atoms with Crippen LogP contribution in [0.3, 0.4) is 0 Å². The minimum absolute atomic E-state index is 0.210. The van der Waals surface area contributed by atoms with Crippen LogP contribution in [-0.4, -0.2) is 21.5 Å². The van der Waals surface area contributed by atoms with Crippen LogP contribution in [0, 0.1) is 0 Å². The molecule has 0 saturated heterocycles. The molecule has 0 bridgehead atoms. The van der Waals surface area contributed by atoms with Crippen molar-refractivity contribution < 1.29 is 14.6 Å². The van der Waals surface area contributed by atoms with Gasteiger partial charge in [0.1, 0.15) is 11.4 Å². The van der Waals surface area contributed by atoms with Crippen molar-refractivity contribution in [1.82, 2.24) is 9.55 Å². The third kappa shape index (κ3) is 2.43. The minimum atomic E-state index is -1.21. The molecule has 24 heavy (non-hydrogen) atoms. The van der Waals surface area contributed by atoms with Crippen LogP contribution in [0.15, 0.2) is 60.9 Å². The number of nitrogens with zero attached hydrogens (tertiary/aromatic N) is 2. The van der Waals surface area contributed by atoms with Crippen molar-refractivity contribution in [3.63, 3.8) is 0 Å². The zero-order chi connectivity index (χ0) is 16.6. The van der Waals surface area contributed by atoms with Crippen LogP contribution in [0.2, 0.25) is 0 Å². The summed E-state index contributed by atoms with van der Waals surface area (Å²) in [4.78, 5) is 4.37. The Labute approximate surface area is 140 Å². The van der Waals surface area contributed by atoms with E-state index in [-0.39, 0.29) is 6.79 Å². The van der Waals surface area contributed by atoms with Gasteiger partial charge in [-0.3, -0.25) is 0 Å². The summed E-state index contributed by atoms with van der Waals surface area (Å²) in [5, 5.41) is 11.6. The molecule has 0 spiro atoms. The van der Waals surface area contributed by atoms with E-state index in [0.29, 0.717) is 17.9 Å². The third-order valence-electron chi connectivity index (χ3n) is 4.44. The maximum absolute atomic E-state index is 11.6. The number of rotatable bonds is 4. The van der Waals surface area contributed by atoms with Crippen molar-refractivity contribution in [3.05, 3.63) is 77.9 Å². The van der Waals surface area contributed by atoms with E-state index in [1.165, 1.54) is 0 Å². The highest BCUT2D eigenvalue weighted by molar-refractivity contribution is 5.49. The monoisotopic (exact) mass is 322 g/mol. The highest BCUT2D eigenvalue weighted by atomic mass is 16.7. The first kappa shape index (κ1) is 14.8. The number of aryl methyl sites for hydroxylation is 1. The van der Waals surface area contributed by atoms with Crippen LogP contribution < -0.4 is 9.47 Å². The number of fused-ring (bicyclic) bond motifs is 1. The van der Waals surface area contributed by atoms with Crippen molar-refractivity contribution in [2.45, 2.75) is 12.0 Å². The van der Waals surface area contributed by atoms with Crippen LogP contribution in [0.1, 0.15) is 17.0 Å². The zero-order valence-electron chi connectivity index (χ0n) is 13.3. The maximum Gasteiger partial charge on any atom is 0.231 e. The second-order valence-corrected chi connectivity index (χ2v) is 5.93. The number of benzene rings is 2. The molecule has 2 heterocycles. The third-order valence-corrected chi connectivity index (χ3v) is 4.44. The Hall–Kier alpha value is -2.79. The molecule has 1 unspecified atom stereocenters. The summed E-state index contributed by atoms with van der Waals surface area (Å²) in [6, 6.07) is 15.2. The molecule has 1 aliphatic heterocycles. The summed E-state index contributed by atoms with van der Waals surface area (Å²) < 4.78 is 12.8. The smallest absolute Gasteiger partial charge is 0.231 e. The molecular formula is C19H18N2O3. The van der Waals surface area contributed by atoms with E-state index in [1.807, 2.05) is 66.3 Å². The fraction of sp³-hybridized carbons (Fsp3) is 0.211. The van der Waals surface area contributed by atoms with Gasteiger partial charge in [0.15, 0.2) is 11.5 Å². The number of hydrogen-bond acceptors (Lipinski definition) is 4. The molecule has 1 N–H and O–H groups in total. The summed E-state index contributed by atoms with van der Waals surface area (Å²) in [6.07, 6.45) is 3.97. The average Bonchev–Trinajstić information content (AvgIpc) is 3.24. The predicted molar refractivity (Wildman–Crippen MR) is 88.9 cm³/mol. The summed E-state index contributed by atoms with van der Waals surface area (Å²) in [5.41, 5.74) is 0.356. The van der Waals surface area contributed by atoms with E-state index < -0.39 is 5.60 Å². The average molecular weight is 322 g/mol. The van der Waals surface area contributed by atoms with Crippen LogP contribution in [0.25, 0.3) is 0 Å². The van der Waals surface area contributed by atoms with Gasteiger partial charge in [-0.2, -0.15) is 0 Å². The van der Waals surface area contributed by atoms with Gasteiger partial charge in [-0.1, -0.05) is 36.4 Å². The number of aliphatic hydroxyl groups is 1. The molecule has 1 aromatic heterocycles. The molecule has 1 atom stereocenters. The topological polar surface area (TPSA) is 56.5 Å². The lowest BCUT2D eigenvalue weighted by Gasteiger charge is -2.29.